The largest absolute Gasteiger partial charge is 0.416 e. The first-order chi connectivity index (χ1) is 14.4. The fraction of sp³-hybridized carbons (Fsp3) is 0.400. The van der Waals surface area contributed by atoms with Gasteiger partial charge < -0.3 is 16.0 Å². The van der Waals surface area contributed by atoms with E-state index >= 15 is 0 Å². The Balaban J connectivity index is 1.57. The molecule has 1 aromatic carbocycles. The van der Waals surface area contributed by atoms with E-state index in [1.807, 2.05) is 6.07 Å². The number of aromatic nitrogens is 2. The minimum absolute atomic E-state index is 0.504. The summed E-state index contributed by atoms with van der Waals surface area (Å²) in [6, 6.07) is 7.11. The number of benzene rings is 1. The highest BCUT2D eigenvalue weighted by Gasteiger charge is 2.30. The summed E-state index contributed by atoms with van der Waals surface area (Å²) in [7, 11) is 1.76. The zero-order valence-corrected chi connectivity index (χ0v) is 17.3. The topological polar surface area (TPSA) is 65.1 Å². The number of nitrogens with one attached hydrogen (secondary N) is 3. The van der Waals surface area contributed by atoms with Gasteiger partial charge in [0.05, 0.1) is 15.8 Å². The molecule has 3 aromatic rings. The molecular formula is C20H23F3N6S. The number of anilines is 2. The van der Waals surface area contributed by atoms with Gasteiger partial charge in [-0.25, -0.2) is 4.98 Å². The summed E-state index contributed by atoms with van der Waals surface area (Å²) >= 11 is 1.48. The SMILES string of the molecule is CNc1nc(NCCN2CCNCC2)c2sc(-c3ccc(C(F)(F)F)cc3)cc2n1. The monoisotopic (exact) mass is 436 g/mol. The first kappa shape index (κ1) is 20.8. The molecule has 0 saturated carbocycles. The fourth-order valence-corrected chi connectivity index (χ4v) is 4.46. The van der Waals surface area contributed by atoms with Gasteiger partial charge in [0, 0.05) is 51.2 Å². The molecule has 30 heavy (non-hydrogen) atoms. The van der Waals surface area contributed by atoms with E-state index in [1.54, 1.807) is 7.05 Å². The second-order valence-electron chi connectivity index (χ2n) is 7.06. The van der Waals surface area contributed by atoms with Crippen LogP contribution in [0, 0.1) is 0 Å². The van der Waals surface area contributed by atoms with Crippen LogP contribution in [0.2, 0.25) is 0 Å². The van der Waals surface area contributed by atoms with Gasteiger partial charge in [-0.05, 0) is 23.8 Å². The number of hydrogen-bond acceptors (Lipinski definition) is 7. The molecule has 0 radical (unpaired) electrons. The first-order valence-corrected chi connectivity index (χ1v) is 10.6. The van der Waals surface area contributed by atoms with Gasteiger partial charge in [0.1, 0.15) is 5.82 Å². The molecule has 160 valence electrons. The van der Waals surface area contributed by atoms with Gasteiger partial charge in [0.15, 0.2) is 0 Å². The van der Waals surface area contributed by atoms with E-state index < -0.39 is 11.7 Å². The van der Waals surface area contributed by atoms with Crippen LogP contribution in [0.3, 0.4) is 0 Å². The molecule has 10 heteroatoms. The van der Waals surface area contributed by atoms with Gasteiger partial charge in [0.2, 0.25) is 5.95 Å². The van der Waals surface area contributed by atoms with Crippen LogP contribution >= 0.6 is 11.3 Å². The van der Waals surface area contributed by atoms with Crippen molar-refractivity contribution < 1.29 is 13.2 Å². The third kappa shape index (κ3) is 4.66. The van der Waals surface area contributed by atoms with Gasteiger partial charge >= 0.3 is 6.18 Å². The van der Waals surface area contributed by atoms with Crippen LogP contribution in [0.15, 0.2) is 30.3 Å². The standard InChI is InChI=1S/C20H23F3N6S/c1-24-19-27-15-12-16(13-2-4-14(5-3-13)20(21,22)23)30-17(15)18(28-19)26-8-11-29-9-6-25-7-10-29/h2-5,12,25H,6-11H2,1H3,(H2,24,26,27,28). The number of rotatable bonds is 6. The third-order valence-corrected chi connectivity index (χ3v) is 6.20. The Kier molecular flexibility index (Phi) is 6.07. The zero-order chi connectivity index (χ0) is 21.1. The predicted molar refractivity (Wildman–Crippen MR) is 115 cm³/mol. The smallest absolute Gasteiger partial charge is 0.367 e. The summed E-state index contributed by atoms with van der Waals surface area (Å²) in [5.41, 5.74) is 0.836. The maximum Gasteiger partial charge on any atom is 0.416 e. The molecular weight excluding hydrogens is 413 g/mol. The van der Waals surface area contributed by atoms with Gasteiger partial charge in [-0.2, -0.15) is 18.2 Å². The quantitative estimate of drug-likeness (QED) is 0.547. The highest BCUT2D eigenvalue weighted by atomic mass is 32.1. The van der Waals surface area contributed by atoms with Crippen molar-refractivity contribution in [3.63, 3.8) is 0 Å². The predicted octanol–water partition coefficient (Wildman–Crippen LogP) is 3.74. The van der Waals surface area contributed by atoms with Gasteiger partial charge in [-0.3, -0.25) is 4.90 Å². The van der Waals surface area contributed by atoms with Crippen molar-refractivity contribution in [2.45, 2.75) is 6.18 Å². The number of halogens is 3. The molecule has 0 atom stereocenters. The maximum atomic E-state index is 12.8. The highest BCUT2D eigenvalue weighted by Crippen LogP contribution is 2.38. The molecule has 2 aromatic heterocycles. The molecule has 1 aliphatic rings. The summed E-state index contributed by atoms with van der Waals surface area (Å²) in [4.78, 5) is 12.3. The number of alkyl halides is 3. The average Bonchev–Trinajstić information content (AvgIpc) is 3.18. The van der Waals surface area contributed by atoms with E-state index in [-0.39, 0.29) is 0 Å². The van der Waals surface area contributed by atoms with Crippen molar-refractivity contribution in [3.8, 4) is 10.4 Å². The third-order valence-electron chi connectivity index (χ3n) is 5.02. The Morgan fingerprint density at radius 1 is 1.13 bits per heavy atom. The number of piperazine rings is 1. The van der Waals surface area contributed by atoms with E-state index in [0.717, 1.165) is 77.9 Å². The Labute approximate surface area is 176 Å². The van der Waals surface area contributed by atoms with Crippen LogP contribution < -0.4 is 16.0 Å². The maximum absolute atomic E-state index is 12.8. The minimum atomic E-state index is -4.34. The second-order valence-corrected chi connectivity index (χ2v) is 8.12. The lowest BCUT2D eigenvalue weighted by atomic mass is 10.1. The molecule has 0 bridgehead atoms. The Morgan fingerprint density at radius 3 is 2.53 bits per heavy atom. The van der Waals surface area contributed by atoms with Gasteiger partial charge in [0.25, 0.3) is 0 Å². The molecule has 3 heterocycles. The number of nitrogens with zero attached hydrogens (tertiary/aromatic N) is 3. The van der Waals surface area contributed by atoms with Crippen molar-refractivity contribution in [2.24, 2.45) is 0 Å². The molecule has 0 spiro atoms. The summed E-state index contributed by atoms with van der Waals surface area (Å²) in [6.45, 7) is 5.73. The lowest BCUT2D eigenvalue weighted by Gasteiger charge is -2.27. The fourth-order valence-electron chi connectivity index (χ4n) is 3.39. The molecule has 6 nitrogen and oxygen atoms in total. The van der Waals surface area contributed by atoms with Crippen LogP contribution in [0.5, 0.6) is 0 Å². The van der Waals surface area contributed by atoms with Crippen LogP contribution in [0.25, 0.3) is 20.7 Å². The van der Waals surface area contributed by atoms with E-state index in [4.69, 9.17) is 0 Å². The van der Waals surface area contributed by atoms with Crippen LogP contribution in [-0.2, 0) is 6.18 Å². The first-order valence-electron chi connectivity index (χ1n) is 9.78. The summed E-state index contributed by atoms with van der Waals surface area (Å²) in [5.74, 6) is 1.24. The molecule has 1 saturated heterocycles. The van der Waals surface area contributed by atoms with E-state index in [0.29, 0.717) is 5.95 Å². The van der Waals surface area contributed by atoms with Crippen molar-refractivity contribution in [2.75, 3.05) is 56.9 Å². The van der Waals surface area contributed by atoms with Crippen LogP contribution in [0.1, 0.15) is 5.56 Å². The molecule has 0 aliphatic carbocycles. The van der Waals surface area contributed by atoms with E-state index in [1.165, 1.54) is 23.5 Å². The molecule has 1 fully saturated rings. The van der Waals surface area contributed by atoms with E-state index in [9.17, 15) is 13.2 Å². The van der Waals surface area contributed by atoms with Crippen LogP contribution in [-0.4, -0.2) is 61.2 Å². The lowest BCUT2D eigenvalue weighted by molar-refractivity contribution is -0.137. The van der Waals surface area contributed by atoms with Gasteiger partial charge in [-0.15, -0.1) is 11.3 Å². The van der Waals surface area contributed by atoms with Crippen molar-refractivity contribution >= 4 is 33.3 Å². The number of thiophene rings is 1. The summed E-state index contributed by atoms with van der Waals surface area (Å²) in [5, 5.41) is 9.72. The summed E-state index contributed by atoms with van der Waals surface area (Å²) < 4.78 is 39.4. The normalized spacial score (nSPS) is 15.5. The minimum Gasteiger partial charge on any atom is -0.367 e. The number of hydrogen-bond donors (Lipinski definition) is 3. The average molecular weight is 437 g/mol. The lowest BCUT2D eigenvalue weighted by Crippen LogP contribution is -2.45. The van der Waals surface area contributed by atoms with Crippen molar-refractivity contribution in [1.82, 2.24) is 20.2 Å². The molecule has 0 unspecified atom stereocenters. The Morgan fingerprint density at radius 2 is 1.87 bits per heavy atom. The Bertz CT molecular complexity index is 996. The Hall–Kier alpha value is -2.43. The number of fused-ring (bicyclic) bond motifs is 1. The molecule has 3 N–H and O–H groups in total. The van der Waals surface area contributed by atoms with Gasteiger partial charge in [-0.1, -0.05) is 12.1 Å². The molecule has 0 amide bonds. The van der Waals surface area contributed by atoms with E-state index in [2.05, 4.69) is 30.8 Å². The summed E-state index contributed by atoms with van der Waals surface area (Å²) in [6.07, 6.45) is -4.34. The molecule has 1 aliphatic heterocycles. The van der Waals surface area contributed by atoms with Crippen molar-refractivity contribution in [3.05, 3.63) is 35.9 Å². The zero-order valence-electron chi connectivity index (χ0n) is 16.5. The molecule has 4 rings (SSSR count). The van der Waals surface area contributed by atoms with Crippen molar-refractivity contribution in [1.29, 1.82) is 0 Å². The van der Waals surface area contributed by atoms with Crippen LogP contribution in [0.4, 0.5) is 24.9 Å². The highest BCUT2D eigenvalue weighted by molar-refractivity contribution is 7.22. The second kappa shape index (κ2) is 8.75.